The molecule has 2 heterocycles. The molecule has 1 aromatic heterocycles. The molecule has 8 nitrogen and oxygen atoms in total. The van der Waals surface area contributed by atoms with Crippen LogP contribution in [0.15, 0.2) is 35.1 Å². The van der Waals surface area contributed by atoms with E-state index in [-0.39, 0.29) is 23.7 Å². The fraction of sp³-hybridized carbons (Fsp3) is 0.250. The molecule has 1 aromatic carbocycles. The summed E-state index contributed by atoms with van der Waals surface area (Å²) in [6.45, 7) is 0.610. The topological polar surface area (TPSA) is 104 Å². The Morgan fingerprint density at radius 3 is 2.92 bits per heavy atom. The van der Waals surface area contributed by atoms with Crippen LogP contribution in [-0.2, 0) is 11.3 Å². The predicted molar refractivity (Wildman–Crippen MR) is 86.0 cm³/mol. The van der Waals surface area contributed by atoms with E-state index >= 15 is 0 Å². The van der Waals surface area contributed by atoms with Crippen molar-refractivity contribution in [2.75, 3.05) is 18.6 Å². The number of benzene rings is 1. The highest BCUT2D eigenvalue weighted by Gasteiger charge is 2.20. The molecule has 24 heavy (non-hydrogen) atoms. The van der Waals surface area contributed by atoms with Gasteiger partial charge in [0.2, 0.25) is 5.91 Å². The molecule has 0 saturated heterocycles. The maximum Gasteiger partial charge on any atom is 0.271 e. The number of ether oxygens (including phenoxy) is 1. The average Bonchev–Trinajstić information content (AvgIpc) is 2.73. The van der Waals surface area contributed by atoms with Crippen LogP contribution in [0.4, 0.5) is 5.69 Å². The summed E-state index contributed by atoms with van der Waals surface area (Å²) < 4.78 is 5.56. The molecule has 0 bridgehead atoms. The van der Waals surface area contributed by atoms with Crippen molar-refractivity contribution in [3.63, 3.8) is 0 Å². The predicted octanol–water partition coefficient (Wildman–Crippen LogP) is 0.445. The largest absolute Gasteiger partial charge is 0.491 e. The summed E-state index contributed by atoms with van der Waals surface area (Å²) in [4.78, 5) is 36.4. The fourth-order valence-electron chi connectivity index (χ4n) is 2.35. The third-order valence-corrected chi connectivity index (χ3v) is 3.70. The molecule has 3 rings (SSSR count). The monoisotopic (exact) mass is 328 g/mol. The zero-order valence-corrected chi connectivity index (χ0v) is 13.0. The van der Waals surface area contributed by atoms with Crippen molar-refractivity contribution < 1.29 is 14.3 Å². The lowest BCUT2D eigenvalue weighted by molar-refractivity contribution is -0.118. The van der Waals surface area contributed by atoms with Crippen LogP contribution in [0.3, 0.4) is 0 Å². The first kappa shape index (κ1) is 15.7. The molecule has 0 saturated carbocycles. The summed E-state index contributed by atoms with van der Waals surface area (Å²) >= 11 is 0. The van der Waals surface area contributed by atoms with E-state index in [1.165, 1.54) is 12.1 Å². The molecule has 0 aliphatic carbocycles. The van der Waals surface area contributed by atoms with Gasteiger partial charge in [0.05, 0.1) is 18.7 Å². The molecular weight excluding hydrogens is 312 g/mol. The number of carbonyl (C=O) groups excluding carboxylic acids is 2. The van der Waals surface area contributed by atoms with Crippen LogP contribution in [-0.4, -0.2) is 35.7 Å². The molecule has 8 heteroatoms. The van der Waals surface area contributed by atoms with Crippen LogP contribution in [0.1, 0.15) is 22.5 Å². The van der Waals surface area contributed by atoms with Crippen molar-refractivity contribution in [1.82, 2.24) is 15.5 Å². The molecule has 2 aromatic rings. The van der Waals surface area contributed by atoms with Gasteiger partial charge in [-0.25, -0.2) is 5.10 Å². The normalized spacial score (nSPS) is 13.7. The lowest BCUT2D eigenvalue weighted by atomic mass is 10.1. The molecular formula is C16H16N4O4. The summed E-state index contributed by atoms with van der Waals surface area (Å²) in [5.74, 6) is 0.218. The van der Waals surface area contributed by atoms with Crippen LogP contribution in [0.5, 0.6) is 5.75 Å². The number of nitrogens with zero attached hydrogens (tertiary/aromatic N) is 2. The average molecular weight is 328 g/mol. The molecule has 0 atom stereocenters. The minimum Gasteiger partial charge on any atom is -0.491 e. The molecule has 0 radical (unpaired) electrons. The molecule has 0 unspecified atom stereocenters. The van der Waals surface area contributed by atoms with Gasteiger partial charge < -0.3 is 15.0 Å². The minimum atomic E-state index is -0.401. The Morgan fingerprint density at radius 1 is 1.33 bits per heavy atom. The summed E-state index contributed by atoms with van der Waals surface area (Å²) in [6, 6.07) is 8.00. The highest BCUT2D eigenvalue weighted by atomic mass is 16.5. The van der Waals surface area contributed by atoms with Gasteiger partial charge in [-0.15, -0.1) is 0 Å². The lowest BCUT2D eigenvalue weighted by Crippen LogP contribution is -2.26. The zero-order valence-electron chi connectivity index (χ0n) is 13.0. The lowest BCUT2D eigenvalue weighted by Gasteiger charge is -2.17. The number of fused-ring (bicyclic) bond motifs is 1. The maximum atomic E-state index is 12.0. The molecule has 124 valence electrons. The Morgan fingerprint density at radius 2 is 2.17 bits per heavy atom. The minimum absolute atomic E-state index is 0.0209. The number of H-pyrrole nitrogens is 1. The number of carbonyl (C=O) groups is 2. The summed E-state index contributed by atoms with van der Waals surface area (Å²) in [7, 11) is 1.70. The second-order valence-corrected chi connectivity index (χ2v) is 5.34. The van der Waals surface area contributed by atoms with Crippen LogP contribution < -0.4 is 20.5 Å². The third-order valence-electron chi connectivity index (χ3n) is 3.70. The SMILES string of the molecule is CN1C(=O)CCOc2ccc(CNC(=O)c3ccc(=O)[nH]n3)cc21. The van der Waals surface area contributed by atoms with E-state index in [1.807, 2.05) is 6.07 Å². The summed E-state index contributed by atoms with van der Waals surface area (Å²) in [6.07, 6.45) is 0.329. The third kappa shape index (κ3) is 3.27. The van der Waals surface area contributed by atoms with E-state index in [2.05, 4.69) is 15.5 Å². The number of hydrogen-bond donors (Lipinski definition) is 2. The van der Waals surface area contributed by atoms with E-state index < -0.39 is 5.91 Å². The Balaban J connectivity index is 1.73. The fourth-order valence-corrected chi connectivity index (χ4v) is 2.35. The van der Waals surface area contributed by atoms with Gasteiger partial charge in [-0.05, 0) is 23.8 Å². The Kier molecular flexibility index (Phi) is 4.28. The molecule has 2 amide bonds. The molecule has 1 aliphatic heterocycles. The van der Waals surface area contributed by atoms with Crippen LogP contribution in [0, 0.1) is 0 Å². The maximum absolute atomic E-state index is 12.0. The van der Waals surface area contributed by atoms with Gasteiger partial charge in [-0.1, -0.05) is 6.07 Å². The van der Waals surface area contributed by atoms with E-state index in [0.29, 0.717) is 24.5 Å². The number of aromatic amines is 1. The second-order valence-electron chi connectivity index (χ2n) is 5.34. The van der Waals surface area contributed by atoms with Gasteiger partial charge in [0.15, 0.2) is 0 Å². The Labute approximate surface area is 137 Å². The second kappa shape index (κ2) is 6.53. The standard InChI is InChI=1S/C16H16N4O4/c1-20-12-8-10(2-4-13(12)24-7-6-15(20)22)9-17-16(23)11-3-5-14(21)19-18-11/h2-5,8H,6-7,9H2,1H3,(H,17,23)(H,19,21). The van der Waals surface area contributed by atoms with Crippen molar-refractivity contribution in [3.8, 4) is 5.75 Å². The van der Waals surface area contributed by atoms with Crippen LogP contribution in [0.2, 0.25) is 0 Å². The van der Waals surface area contributed by atoms with Crippen molar-refractivity contribution in [1.29, 1.82) is 0 Å². The van der Waals surface area contributed by atoms with Gasteiger partial charge in [0.25, 0.3) is 11.5 Å². The van der Waals surface area contributed by atoms with Gasteiger partial charge >= 0.3 is 0 Å². The van der Waals surface area contributed by atoms with Gasteiger partial charge in [0, 0.05) is 19.7 Å². The van der Waals surface area contributed by atoms with E-state index in [0.717, 1.165) is 5.56 Å². The highest BCUT2D eigenvalue weighted by Crippen LogP contribution is 2.31. The van der Waals surface area contributed by atoms with Crippen molar-refractivity contribution in [3.05, 3.63) is 51.9 Å². The number of anilines is 1. The summed E-state index contributed by atoms with van der Waals surface area (Å²) in [5.41, 5.74) is 1.24. The van der Waals surface area contributed by atoms with Gasteiger partial charge in [0.1, 0.15) is 11.4 Å². The zero-order chi connectivity index (χ0) is 17.1. The molecule has 1 aliphatic rings. The van der Waals surface area contributed by atoms with Crippen molar-refractivity contribution in [2.24, 2.45) is 0 Å². The number of amides is 2. The first-order valence-electron chi connectivity index (χ1n) is 7.41. The summed E-state index contributed by atoms with van der Waals surface area (Å²) in [5, 5.41) is 8.60. The first-order chi connectivity index (χ1) is 11.5. The molecule has 0 spiro atoms. The van der Waals surface area contributed by atoms with E-state index in [1.54, 1.807) is 24.1 Å². The van der Waals surface area contributed by atoms with E-state index in [9.17, 15) is 14.4 Å². The number of hydrogen-bond acceptors (Lipinski definition) is 5. The quantitative estimate of drug-likeness (QED) is 0.851. The molecule has 2 N–H and O–H groups in total. The molecule has 0 fully saturated rings. The highest BCUT2D eigenvalue weighted by molar-refractivity contribution is 5.95. The van der Waals surface area contributed by atoms with Crippen LogP contribution >= 0.6 is 0 Å². The number of nitrogens with one attached hydrogen (secondary N) is 2. The Hall–Kier alpha value is -3.16. The number of aromatic nitrogens is 2. The van der Waals surface area contributed by atoms with Crippen molar-refractivity contribution >= 4 is 17.5 Å². The van der Waals surface area contributed by atoms with E-state index in [4.69, 9.17) is 4.74 Å². The van der Waals surface area contributed by atoms with Crippen LogP contribution in [0.25, 0.3) is 0 Å². The Bertz CT molecular complexity index is 826. The van der Waals surface area contributed by atoms with Gasteiger partial charge in [-0.2, -0.15) is 5.10 Å². The smallest absolute Gasteiger partial charge is 0.271 e. The number of rotatable bonds is 3. The van der Waals surface area contributed by atoms with Crippen molar-refractivity contribution in [2.45, 2.75) is 13.0 Å². The first-order valence-corrected chi connectivity index (χ1v) is 7.41. The van der Waals surface area contributed by atoms with Gasteiger partial charge in [-0.3, -0.25) is 14.4 Å².